The lowest BCUT2D eigenvalue weighted by atomic mass is 9.96. The minimum absolute atomic E-state index is 0.134. The third kappa shape index (κ3) is 5.42. The average molecular weight is 522 g/mol. The monoisotopic (exact) mass is 521 g/mol. The van der Waals surface area contributed by atoms with Crippen LogP contribution in [-0.2, 0) is 23.1 Å². The van der Waals surface area contributed by atoms with E-state index in [1.807, 2.05) is 87.8 Å². The van der Waals surface area contributed by atoms with E-state index in [0.717, 1.165) is 27.6 Å². The molecule has 4 rings (SSSR count). The van der Waals surface area contributed by atoms with Gasteiger partial charge in [-0.3, -0.25) is 4.79 Å². The van der Waals surface area contributed by atoms with E-state index in [-0.39, 0.29) is 30.6 Å². The number of fused-ring (bicyclic) bond motifs is 5. The zero-order valence-electron chi connectivity index (χ0n) is 23.2. The molecule has 3 atom stereocenters. The molecule has 38 heavy (non-hydrogen) atoms. The molecule has 0 saturated heterocycles. The van der Waals surface area contributed by atoms with E-state index in [2.05, 4.69) is 0 Å². The number of aryl methyl sites for hydroxylation is 1. The molecule has 0 saturated carbocycles. The van der Waals surface area contributed by atoms with Crippen molar-refractivity contribution in [2.24, 2.45) is 13.0 Å². The van der Waals surface area contributed by atoms with Crippen LogP contribution in [-0.4, -0.2) is 76.5 Å². The van der Waals surface area contributed by atoms with E-state index in [4.69, 9.17) is 9.47 Å². The fourth-order valence-electron chi connectivity index (χ4n) is 5.16. The van der Waals surface area contributed by atoms with E-state index in [0.29, 0.717) is 25.4 Å². The maximum Gasteiger partial charge on any atom is 0.409 e. The Morgan fingerprint density at radius 3 is 2.55 bits per heavy atom. The van der Waals surface area contributed by atoms with Gasteiger partial charge in [0.15, 0.2) is 0 Å². The number of aliphatic hydroxyl groups excluding tert-OH is 1. The SMILES string of the molecule is CC(C)OC(=O)N(C)C[C@@H]1OCc2ccccc2-c2c(n(C)c3ccccc23)C(=O)N([C@H](C)CO)C[C@@H]1C. The summed E-state index contributed by atoms with van der Waals surface area (Å²) in [6.07, 6.45) is -1.01. The summed E-state index contributed by atoms with van der Waals surface area (Å²) in [4.78, 5) is 30.2. The standard InChI is InChI=1S/C30H39N3O5/c1-19(2)38-30(36)31(5)16-26-20(3)15-33(21(4)17-34)29(35)28-27(23-12-8-7-11-22(23)18-37-26)24-13-9-10-14-25(24)32(28)6/h7-14,19-21,26,34H,15-18H2,1-6H3/t20-,21+,26-/m0/s1. The van der Waals surface area contributed by atoms with Gasteiger partial charge in [0.1, 0.15) is 5.69 Å². The summed E-state index contributed by atoms with van der Waals surface area (Å²) in [5, 5.41) is 11.1. The van der Waals surface area contributed by atoms with Crippen molar-refractivity contribution >= 4 is 22.9 Å². The molecule has 2 heterocycles. The maximum atomic E-state index is 14.3. The Kier molecular flexibility index (Phi) is 8.43. The lowest BCUT2D eigenvalue weighted by Gasteiger charge is -2.35. The smallest absolute Gasteiger partial charge is 0.409 e. The number of amides is 2. The number of nitrogens with zero attached hydrogens (tertiary/aromatic N) is 3. The molecule has 1 aromatic heterocycles. The van der Waals surface area contributed by atoms with Crippen LogP contribution in [0.2, 0.25) is 0 Å². The molecular weight excluding hydrogens is 482 g/mol. The average Bonchev–Trinajstić information content (AvgIpc) is 3.19. The predicted octanol–water partition coefficient (Wildman–Crippen LogP) is 4.68. The molecule has 8 heteroatoms. The number of carbonyl (C=O) groups is 2. The Bertz CT molecular complexity index is 1300. The summed E-state index contributed by atoms with van der Waals surface area (Å²) >= 11 is 0. The van der Waals surface area contributed by atoms with Crippen molar-refractivity contribution in [2.45, 2.75) is 52.6 Å². The van der Waals surface area contributed by atoms with Crippen LogP contribution in [0, 0.1) is 5.92 Å². The number of likely N-dealkylation sites (N-methyl/N-ethyl adjacent to an activating group) is 1. The molecule has 0 radical (unpaired) electrons. The molecule has 0 aliphatic carbocycles. The van der Waals surface area contributed by atoms with Gasteiger partial charge in [-0.05, 0) is 38.0 Å². The van der Waals surface area contributed by atoms with Crippen LogP contribution in [0.4, 0.5) is 4.79 Å². The molecule has 0 unspecified atom stereocenters. The normalized spacial score (nSPS) is 19.1. The number of rotatable bonds is 5. The fourth-order valence-corrected chi connectivity index (χ4v) is 5.16. The Morgan fingerprint density at radius 1 is 1.16 bits per heavy atom. The number of benzene rings is 2. The van der Waals surface area contributed by atoms with E-state index < -0.39 is 12.1 Å². The van der Waals surface area contributed by atoms with Gasteiger partial charge in [-0.2, -0.15) is 0 Å². The summed E-state index contributed by atoms with van der Waals surface area (Å²) < 4.78 is 13.8. The molecule has 1 aliphatic heterocycles. The Labute approximate surface area is 224 Å². The first-order chi connectivity index (χ1) is 18.1. The summed E-state index contributed by atoms with van der Waals surface area (Å²) in [6, 6.07) is 15.6. The quantitative estimate of drug-likeness (QED) is 0.527. The summed E-state index contributed by atoms with van der Waals surface area (Å²) in [7, 11) is 3.61. The van der Waals surface area contributed by atoms with E-state index in [9.17, 15) is 14.7 Å². The third-order valence-electron chi connectivity index (χ3n) is 7.33. The van der Waals surface area contributed by atoms with Gasteiger partial charge in [-0.1, -0.05) is 49.4 Å². The third-order valence-corrected chi connectivity index (χ3v) is 7.33. The zero-order valence-corrected chi connectivity index (χ0v) is 23.2. The summed E-state index contributed by atoms with van der Waals surface area (Å²) in [6.45, 7) is 8.32. The second-order valence-corrected chi connectivity index (χ2v) is 10.6. The topological polar surface area (TPSA) is 84.2 Å². The maximum absolute atomic E-state index is 14.3. The number of hydrogen-bond donors (Lipinski definition) is 1. The van der Waals surface area contributed by atoms with Crippen molar-refractivity contribution in [3.8, 4) is 11.1 Å². The van der Waals surface area contributed by atoms with Crippen molar-refractivity contribution in [3.63, 3.8) is 0 Å². The van der Waals surface area contributed by atoms with Gasteiger partial charge < -0.3 is 28.9 Å². The predicted molar refractivity (Wildman–Crippen MR) is 148 cm³/mol. The highest BCUT2D eigenvalue weighted by atomic mass is 16.6. The molecule has 204 valence electrons. The van der Waals surface area contributed by atoms with Gasteiger partial charge in [-0.25, -0.2) is 4.79 Å². The second-order valence-electron chi connectivity index (χ2n) is 10.6. The van der Waals surface area contributed by atoms with E-state index in [1.165, 1.54) is 4.90 Å². The van der Waals surface area contributed by atoms with Crippen molar-refractivity contribution < 1.29 is 24.2 Å². The highest BCUT2D eigenvalue weighted by Crippen LogP contribution is 2.38. The highest BCUT2D eigenvalue weighted by Gasteiger charge is 2.34. The molecule has 0 spiro atoms. The minimum atomic E-state index is -0.416. The van der Waals surface area contributed by atoms with Crippen molar-refractivity contribution in [1.82, 2.24) is 14.4 Å². The van der Waals surface area contributed by atoms with E-state index in [1.54, 1.807) is 11.9 Å². The second kappa shape index (κ2) is 11.6. The lowest BCUT2D eigenvalue weighted by Crippen LogP contribution is -2.48. The van der Waals surface area contributed by atoms with Gasteiger partial charge in [0.05, 0.1) is 38.0 Å². The van der Waals surface area contributed by atoms with Crippen LogP contribution in [0.1, 0.15) is 43.7 Å². The number of hydrogen-bond acceptors (Lipinski definition) is 5. The van der Waals surface area contributed by atoms with Gasteiger partial charge in [-0.15, -0.1) is 0 Å². The van der Waals surface area contributed by atoms with Gasteiger partial charge in [0, 0.05) is 43.0 Å². The van der Waals surface area contributed by atoms with Crippen LogP contribution >= 0.6 is 0 Å². The number of para-hydroxylation sites is 1. The highest BCUT2D eigenvalue weighted by molar-refractivity contribution is 6.10. The molecule has 2 aromatic carbocycles. The summed E-state index contributed by atoms with van der Waals surface area (Å²) in [5.41, 5.74) is 4.32. The molecule has 3 aromatic rings. The number of ether oxygens (including phenoxy) is 2. The first-order valence-corrected chi connectivity index (χ1v) is 13.2. The van der Waals surface area contributed by atoms with Crippen LogP contribution < -0.4 is 0 Å². The first kappa shape index (κ1) is 27.7. The minimum Gasteiger partial charge on any atom is -0.447 e. The number of carbonyl (C=O) groups excluding carboxylic acids is 2. The number of aliphatic hydroxyl groups is 1. The van der Waals surface area contributed by atoms with Crippen molar-refractivity contribution in [2.75, 3.05) is 26.7 Å². The molecule has 1 aliphatic rings. The van der Waals surface area contributed by atoms with Crippen LogP contribution in [0.3, 0.4) is 0 Å². The fraction of sp³-hybridized carbons (Fsp3) is 0.467. The lowest BCUT2D eigenvalue weighted by molar-refractivity contribution is -0.0246. The van der Waals surface area contributed by atoms with Crippen LogP contribution in [0.15, 0.2) is 48.5 Å². The van der Waals surface area contributed by atoms with Crippen LogP contribution in [0.25, 0.3) is 22.0 Å². The van der Waals surface area contributed by atoms with Gasteiger partial charge in [0.25, 0.3) is 5.91 Å². The van der Waals surface area contributed by atoms with Crippen LogP contribution in [0.5, 0.6) is 0 Å². The molecular formula is C30H39N3O5. The van der Waals surface area contributed by atoms with Crippen molar-refractivity contribution in [1.29, 1.82) is 0 Å². The first-order valence-electron chi connectivity index (χ1n) is 13.2. The Morgan fingerprint density at radius 2 is 1.84 bits per heavy atom. The largest absolute Gasteiger partial charge is 0.447 e. The Balaban J connectivity index is 1.84. The molecule has 8 nitrogen and oxygen atoms in total. The van der Waals surface area contributed by atoms with Crippen molar-refractivity contribution in [3.05, 3.63) is 59.8 Å². The summed E-state index contributed by atoms with van der Waals surface area (Å²) in [5.74, 6) is -0.277. The number of aromatic nitrogens is 1. The molecule has 2 amide bonds. The Hall–Kier alpha value is -3.36. The molecule has 0 bridgehead atoms. The molecule has 0 fully saturated rings. The van der Waals surface area contributed by atoms with Gasteiger partial charge >= 0.3 is 6.09 Å². The molecule has 1 N–H and O–H groups in total. The van der Waals surface area contributed by atoms with Gasteiger partial charge in [0.2, 0.25) is 0 Å². The van der Waals surface area contributed by atoms with E-state index >= 15 is 0 Å². The zero-order chi connectivity index (χ0) is 27.6.